The zero-order valence-corrected chi connectivity index (χ0v) is 15.9. The first-order valence-corrected chi connectivity index (χ1v) is 9.22. The molecule has 0 saturated heterocycles. The van der Waals surface area contributed by atoms with E-state index in [1.165, 1.54) is 17.4 Å². The van der Waals surface area contributed by atoms with Crippen LogP contribution in [0.25, 0.3) is 0 Å². The van der Waals surface area contributed by atoms with Gasteiger partial charge in [-0.1, -0.05) is 17.7 Å². The molecule has 0 aliphatic carbocycles. The van der Waals surface area contributed by atoms with Gasteiger partial charge in [0, 0.05) is 10.6 Å². The number of ether oxygens (including phenoxy) is 1. The molecule has 2 aromatic carbocycles. The number of carbonyl (C=O) groups is 1. The molecule has 0 aliphatic rings. The van der Waals surface area contributed by atoms with Crippen LogP contribution < -0.4 is 10.1 Å². The number of hydrogen-bond acceptors (Lipinski definition) is 3. The average molecular weight is 390 g/mol. The van der Waals surface area contributed by atoms with Crippen molar-refractivity contribution >= 4 is 34.5 Å². The molecule has 0 fully saturated rings. The predicted octanol–water partition coefficient (Wildman–Crippen LogP) is 5.99. The Bertz CT molecular complexity index is 955. The van der Waals surface area contributed by atoms with Crippen LogP contribution >= 0.6 is 22.9 Å². The van der Waals surface area contributed by atoms with E-state index >= 15 is 0 Å². The molecule has 134 valence electrons. The number of hydrogen-bond donors (Lipinski definition) is 1. The van der Waals surface area contributed by atoms with Crippen LogP contribution in [0.5, 0.6) is 5.75 Å². The lowest BCUT2D eigenvalue weighted by atomic mass is 10.2. The second kappa shape index (κ2) is 7.89. The van der Waals surface area contributed by atoms with Crippen molar-refractivity contribution in [3.63, 3.8) is 0 Å². The summed E-state index contributed by atoms with van der Waals surface area (Å²) >= 11 is 7.23. The van der Waals surface area contributed by atoms with Crippen molar-refractivity contribution in [3.05, 3.63) is 80.3 Å². The van der Waals surface area contributed by atoms with Crippen LogP contribution in [0.1, 0.15) is 26.4 Å². The summed E-state index contributed by atoms with van der Waals surface area (Å²) in [6.07, 6.45) is 0. The zero-order chi connectivity index (χ0) is 18.7. The van der Waals surface area contributed by atoms with E-state index in [1.807, 2.05) is 31.4 Å². The number of thiophene rings is 1. The van der Waals surface area contributed by atoms with Gasteiger partial charge in [0.2, 0.25) is 0 Å². The second-order valence-electron chi connectivity index (χ2n) is 5.96. The molecule has 0 saturated carbocycles. The van der Waals surface area contributed by atoms with E-state index in [0.29, 0.717) is 16.5 Å². The minimum Gasteiger partial charge on any atom is -0.489 e. The molecule has 1 amide bonds. The highest BCUT2D eigenvalue weighted by Gasteiger charge is 2.12. The van der Waals surface area contributed by atoms with Gasteiger partial charge in [-0.05, 0) is 66.8 Å². The molecule has 0 atom stereocenters. The third-order valence-electron chi connectivity index (χ3n) is 3.78. The molecular weight excluding hydrogens is 373 g/mol. The Morgan fingerprint density at radius 1 is 1.19 bits per heavy atom. The Kier molecular flexibility index (Phi) is 5.59. The highest BCUT2D eigenvalue weighted by Crippen LogP contribution is 2.24. The summed E-state index contributed by atoms with van der Waals surface area (Å²) in [6, 6.07) is 11.8. The van der Waals surface area contributed by atoms with E-state index < -0.39 is 5.82 Å². The van der Waals surface area contributed by atoms with Gasteiger partial charge in [-0.2, -0.15) is 0 Å². The Morgan fingerprint density at radius 2 is 2.00 bits per heavy atom. The maximum Gasteiger partial charge on any atom is 0.265 e. The lowest BCUT2D eigenvalue weighted by molar-refractivity contribution is 0.103. The predicted molar refractivity (Wildman–Crippen MR) is 104 cm³/mol. The van der Waals surface area contributed by atoms with Crippen molar-refractivity contribution in [1.82, 2.24) is 0 Å². The van der Waals surface area contributed by atoms with E-state index in [9.17, 15) is 9.18 Å². The Labute approximate surface area is 160 Å². The van der Waals surface area contributed by atoms with Crippen LogP contribution in [0.4, 0.5) is 10.1 Å². The molecule has 0 spiro atoms. The zero-order valence-electron chi connectivity index (χ0n) is 14.3. The van der Waals surface area contributed by atoms with Gasteiger partial charge in [-0.3, -0.25) is 4.79 Å². The first kappa shape index (κ1) is 18.4. The summed E-state index contributed by atoms with van der Waals surface area (Å²) in [5, 5.41) is 5.12. The fourth-order valence-corrected chi connectivity index (χ4v) is 3.44. The number of amides is 1. The highest BCUT2D eigenvalue weighted by molar-refractivity contribution is 7.12. The molecule has 1 heterocycles. The van der Waals surface area contributed by atoms with E-state index in [0.717, 1.165) is 22.4 Å². The van der Waals surface area contributed by atoms with Crippen LogP contribution in [0.15, 0.2) is 47.8 Å². The summed E-state index contributed by atoms with van der Waals surface area (Å²) in [7, 11) is 0. The van der Waals surface area contributed by atoms with Gasteiger partial charge in [0.25, 0.3) is 5.91 Å². The summed E-state index contributed by atoms with van der Waals surface area (Å²) in [6.45, 7) is 4.10. The molecule has 3 rings (SSSR count). The van der Waals surface area contributed by atoms with Crippen molar-refractivity contribution in [2.45, 2.75) is 20.5 Å². The van der Waals surface area contributed by atoms with Crippen molar-refractivity contribution in [3.8, 4) is 5.75 Å². The number of halogens is 2. The fourth-order valence-electron chi connectivity index (χ4n) is 2.43. The first-order chi connectivity index (χ1) is 12.4. The lowest BCUT2D eigenvalue weighted by Gasteiger charge is -2.08. The summed E-state index contributed by atoms with van der Waals surface area (Å²) in [5.74, 6) is -0.0517. The van der Waals surface area contributed by atoms with Gasteiger partial charge in [-0.15, -0.1) is 11.3 Å². The van der Waals surface area contributed by atoms with E-state index in [2.05, 4.69) is 5.32 Å². The van der Waals surface area contributed by atoms with Crippen LogP contribution in [-0.4, -0.2) is 5.91 Å². The summed E-state index contributed by atoms with van der Waals surface area (Å²) < 4.78 is 19.6. The second-order valence-corrected chi connectivity index (χ2v) is 7.30. The van der Waals surface area contributed by atoms with E-state index in [1.54, 1.807) is 24.3 Å². The quantitative estimate of drug-likeness (QED) is 0.582. The topological polar surface area (TPSA) is 38.3 Å². The number of benzene rings is 2. The van der Waals surface area contributed by atoms with Gasteiger partial charge in [0.1, 0.15) is 18.2 Å². The van der Waals surface area contributed by atoms with Crippen molar-refractivity contribution < 1.29 is 13.9 Å². The lowest BCUT2D eigenvalue weighted by Crippen LogP contribution is -2.11. The summed E-state index contributed by atoms with van der Waals surface area (Å²) in [4.78, 5) is 12.8. The van der Waals surface area contributed by atoms with Crippen LogP contribution in [0.2, 0.25) is 5.02 Å². The third-order valence-corrected chi connectivity index (χ3v) is 4.99. The molecule has 0 radical (unpaired) electrons. The van der Waals surface area contributed by atoms with Crippen LogP contribution in [-0.2, 0) is 6.61 Å². The molecule has 0 unspecified atom stereocenters. The molecule has 1 N–H and O–H groups in total. The van der Waals surface area contributed by atoms with Gasteiger partial charge < -0.3 is 10.1 Å². The van der Waals surface area contributed by atoms with E-state index in [-0.39, 0.29) is 11.6 Å². The van der Waals surface area contributed by atoms with Crippen molar-refractivity contribution in [2.24, 2.45) is 0 Å². The van der Waals surface area contributed by atoms with Crippen molar-refractivity contribution in [1.29, 1.82) is 0 Å². The highest BCUT2D eigenvalue weighted by atomic mass is 35.5. The minimum atomic E-state index is -0.456. The fraction of sp³-hybridized carbons (Fsp3) is 0.150. The van der Waals surface area contributed by atoms with Gasteiger partial charge in [-0.25, -0.2) is 4.39 Å². The number of rotatable bonds is 5. The number of carbonyl (C=O) groups excluding carboxylic acids is 1. The molecule has 0 bridgehead atoms. The molecule has 3 aromatic rings. The Morgan fingerprint density at radius 3 is 2.77 bits per heavy atom. The average Bonchev–Trinajstić information content (AvgIpc) is 3.06. The van der Waals surface area contributed by atoms with Crippen LogP contribution in [0.3, 0.4) is 0 Å². The maximum absolute atomic E-state index is 13.8. The molecule has 1 aromatic heterocycles. The first-order valence-electron chi connectivity index (χ1n) is 7.96. The molecular formula is C20H17ClFNO2S. The van der Waals surface area contributed by atoms with Gasteiger partial charge in [0.15, 0.2) is 0 Å². The Hall–Kier alpha value is -2.37. The van der Waals surface area contributed by atoms with Crippen LogP contribution in [0, 0.1) is 19.7 Å². The van der Waals surface area contributed by atoms with Crippen molar-refractivity contribution in [2.75, 3.05) is 5.32 Å². The third kappa shape index (κ3) is 4.42. The monoisotopic (exact) mass is 389 g/mol. The molecule has 26 heavy (non-hydrogen) atoms. The SMILES string of the molecule is Cc1ccc(F)c(NC(=O)c2cc(COc3ccc(Cl)cc3C)cs2)c1. The molecule has 3 nitrogen and oxygen atoms in total. The van der Waals surface area contributed by atoms with Gasteiger partial charge >= 0.3 is 0 Å². The van der Waals surface area contributed by atoms with Gasteiger partial charge in [0.05, 0.1) is 10.6 Å². The smallest absolute Gasteiger partial charge is 0.265 e. The maximum atomic E-state index is 13.8. The number of nitrogens with one attached hydrogen (secondary N) is 1. The standard InChI is InChI=1S/C20H17ClFNO2S/c1-12-3-5-16(22)17(7-12)23-20(24)19-9-14(11-26-19)10-25-18-6-4-15(21)8-13(18)2/h3-9,11H,10H2,1-2H3,(H,23,24). The molecule has 6 heteroatoms. The largest absolute Gasteiger partial charge is 0.489 e. The number of anilines is 1. The normalized spacial score (nSPS) is 10.6. The summed E-state index contributed by atoms with van der Waals surface area (Å²) in [5.41, 5.74) is 2.87. The minimum absolute atomic E-state index is 0.179. The molecule has 0 aliphatic heterocycles. The Balaban J connectivity index is 1.65. The van der Waals surface area contributed by atoms with E-state index in [4.69, 9.17) is 16.3 Å². The number of aryl methyl sites for hydroxylation is 2.